The van der Waals surface area contributed by atoms with Gasteiger partial charge in [0.1, 0.15) is 24.0 Å². The van der Waals surface area contributed by atoms with Crippen molar-refractivity contribution in [1.29, 1.82) is 5.26 Å². The maximum Gasteiger partial charge on any atom is 0.262 e. The summed E-state index contributed by atoms with van der Waals surface area (Å²) >= 11 is 2.16. The summed E-state index contributed by atoms with van der Waals surface area (Å²) in [6, 6.07) is 16.9. The van der Waals surface area contributed by atoms with Gasteiger partial charge in [-0.25, -0.2) is 0 Å². The lowest BCUT2D eigenvalue weighted by Crippen LogP contribution is -2.27. The fraction of sp³-hybridized carbons (Fsp3) is 0.143. The monoisotopic (exact) mass is 458 g/mol. The third-order valence-electron chi connectivity index (χ3n) is 3.64. The van der Waals surface area contributed by atoms with Crippen molar-refractivity contribution in [3.8, 4) is 11.8 Å². The van der Waals surface area contributed by atoms with Crippen molar-refractivity contribution < 1.29 is 9.53 Å². The summed E-state index contributed by atoms with van der Waals surface area (Å²) in [4.78, 5) is 12.4. The van der Waals surface area contributed by atoms with Crippen molar-refractivity contribution in [3.05, 3.63) is 81.5 Å². The molecule has 0 heterocycles. The number of nitrogens with zero attached hydrogens (tertiary/aromatic N) is 1. The van der Waals surface area contributed by atoms with E-state index in [2.05, 4.69) is 34.5 Å². The zero-order valence-corrected chi connectivity index (χ0v) is 16.6. The van der Waals surface area contributed by atoms with Crippen LogP contribution in [0.2, 0.25) is 0 Å². The van der Waals surface area contributed by atoms with Gasteiger partial charge in [-0.1, -0.05) is 49.1 Å². The Morgan fingerprint density at radius 2 is 2.08 bits per heavy atom. The molecule has 0 bridgehead atoms. The molecule has 2 aromatic rings. The third kappa shape index (κ3) is 5.46. The van der Waals surface area contributed by atoms with Crippen molar-refractivity contribution in [1.82, 2.24) is 5.32 Å². The van der Waals surface area contributed by atoms with Crippen LogP contribution in [-0.4, -0.2) is 12.5 Å². The number of amides is 1. The molecule has 2 aromatic carbocycles. The first-order valence-electron chi connectivity index (χ1n) is 8.06. The largest absolute Gasteiger partial charge is 0.488 e. The minimum absolute atomic E-state index is 0.0586. The summed E-state index contributed by atoms with van der Waals surface area (Å²) in [6.45, 7) is 5.93. The van der Waals surface area contributed by atoms with Crippen molar-refractivity contribution in [2.75, 3.05) is 6.61 Å². The number of rotatable bonds is 7. The second-order valence-corrected chi connectivity index (χ2v) is 6.73. The molecule has 0 spiro atoms. The Kier molecular flexibility index (Phi) is 7.42. The first-order chi connectivity index (χ1) is 12.5. The summed E-state index contributed by atoms with van der Waals surface area (Å²) in [7, 11) is 0. The molecular formula is C21H19IN2O2. The zero-order chi connectivity index (χ0) is 18.9. The smallest absolute Gasteiger partial charge is 0.262 e. The van der Waals surface area contributed by atoms with Gasteiger partial charge >= 0.3 is 0 Å². The van der Waals surface area contributed by atoms with Gasteiger partial charge in [0.2, 0.25) is 0 Å². The number of halogens is 1. The van der Waals surface area contributed by atoms with Crippen LogP contribution in [0.25, 0.3) is 6.08 Å². The third-order valence-corrected chi connectivity index (χ3v) is 4.48. The van der Waals surface area contributed by atoms with E-state index >= 15 is 0 Å². The van der Waals surface area contributed by atoms with Crippen LogP contribution in [0.5, 0.6) is 5.75 Å². The van der Waals surface area contributed by atoms with Gasteiger partial charge in [0.25, 0.3) is 5.91 Å². The van der Waals surface area contributed by atoms with Gasteiger partial charge in [0, 0.05) is 0 Å². The number of hydrogen-bond acceptors (Lipinski definition) is 3. The highest BCUT2D eigenvalue weighted by atomic mass is 127. The van der Waals surface area contributed by atoms with E-state index in [4.69, 9.17) is 4.74 Å². The molecule has 0 aliphatic heterocycles. The normalized spacial score (nSPS) is 12.0. The SMILES string of the molecule is C=CCOc1ccc(/C=C(/C#N)C(=O)N[C@@H](C)c2ccccc2)cc1I. The highest BCUT2D eigenvalue weighted by Gasteiger charge is 2.14. The molecular weight excluding hydrogens is 439 g/mol. The van der Waals surface area contributed by atoms with Crippen LogP contribution in [0.1, 0.15) is 24.1 Å². The van der Waals surface area contributed by atoms with E-state index in [-0.39, 0.29) is 11.6 Å². The molecule has 0 aliphatic rings. The first kappa shape index (κ1) is 19.7. The number of benzene rings is 2. The summed E-state index contributed by atoms with van der Waals surface area (Å²) < 4.78 is 6.43. The van der Waals surface area contributed by atoms with Gasteiger partial charge in [-0.15, -0.1) is 0 Å². The summed E-state index contributed by atoms with van der Waals surface area (Å²) in [6.07, 6.45) is 3.25. The van der Waals surface area contributed by atoms with Crippen LogP contribution in [-0.2, 0) is 4.79 Å². The predicted octanol–water partition coefficient (Wildman–Crippen LogP) is 4.64. The van der Waals surface area contributed by atoms with E-state index in [0.717, 1.165) is 20.4 Å². The van der Waals surface area contributed by atoms with E-state index in [9.17, 15) is 10.1 Å². The number of ether oxygens (including phenoxy) is 1. The Morgan fingerprint density at radius 3 is 2.69 bits per heavy atom. The van der Waals surface area contributed by atoms with E-state index in [1.54, 1.807) is 12.2 Å². The Balaban J connectivity index is 2.14. The summed E-state index contributed by atoms with van der Waals surface area (Å²) in [5.74, 6) is 0.342. The average molecular weight is 458 g/mol. The van der Waals surface area contributed by atoms with Crippen molar-refractivity contribution in [3.63, 3.8) is 0 Å². The molecule has 0 radical (unpaired) electrons. The molecule has 0 saturated heterocycles. The molecule has 1 N–H and O–H groups in total. The number of nitrogens with one attached hydrogen (secondary N) is 1. The van der Waals surface area contributed by atoms with Crippen LogP contribution in [0.3, 0.4) is 0 Å². The van der Waals surface area contributed by atoms with Gasteiger partial charge < -0.3 is 10.1 Å². The van der Waals surface area contributed by atoms with E-state index < -0.39 is 5.91 Å². The number of carbonyl (C=O) groups is 1. The summed E-state index contributed by atoms with van der Waals surface area (Å²) in [5, 5.41) is 12.2. The molecule has 1 atom stereocenters. The molecule has 0 unspecified atom stereocenters. The highest BCUT2D eigenvalue weighted by Crippen LogP contribution is 2.23. The van der Waals surface area contributed by atoms with Gasteiger partial charge in [0.05, 0.1) is 9.61 Å². The lowest BCUT2D eigenvalue weighted by atomic mass is 10.1. The maximum absolute atomic E-state index is 12.4. The predicted molar refractivity (Wildman–Crippen MR) is 111 cm³/mol. The molecule has 5 heteroatoms. The fourth-order valence-electron chi connectivity index (χ4n) is 2.29. The van der Waals surface area contributed by atoms with E-state index in [1.807, 2.05) is 61.5 Å². The Morgan fingerprint density at radius 1 is 1.35 bits per heavy atom. The number of nitriles is 1. The summed E-state index contributed by atoms with van der Waals surface area (Å²) in [5.41, 5.74) is 1.80. The Bertz CT molecular complexity index is 854. The molecule has 0 aromatic heterocycles. The van der Waals surface area contributed by atoms with Crippen molar-refractivity contribution >= 4 is 34.6 Å². The number of carbonyl (C=O) groups excluding carboxylic acids is 1. The lowest BCUT2D eigenvalue weighted by Gasteiger charge is -2.13. The van der Waals surface area contributed by atoms with Gasteiger partial charge in [-0.3, -0.25) is 4.79 Å². The average Bonchev–Trinajstić information content (AvgIpc) is 2.66. The highest BCUT2D eigenvalue weighted by molar-refractivity contribution is 14.1. The molecule has 0 aliphatic carbocycles. The van der Waals surface area contributed by atoms with Crippen molar-refractivity contribution in [2.24, 2.45) is 0 Å². The van der Waals surface area contributed by atoms with Crippen LogP contribution >= 0.6 is 22.6 Å². The molecule has 0 saturated carbocycles. The second kappa shape index (κ2) is 9.78. The van der Waals surface area contributed by atoms with Crippen molar-refractivity contribution in [2.45, 2.75) is 13.0 Å². The van der Waals surface area contributed by atoms with Gasteiger partial charge in [-0.05, 0) is 58.9 Å². The fourth-order valence-corrected chi connectivity index (χ4v) is 2.98. The van der Waals surface area contributed by atoms with Crippen LogP contribution in [0.15, 0.2) is 66.8 Å². The van der Waals surface area contributed by atoms with E-state index in [1.165, 1.54) is 0 Å². The van der Waals surface area contributed by atoms with Crippen LogP contribution in [0, 0.1) is 14.9 Å². The molecule has 1 amide bonds. The topological polar surface area (TPSA) is 62.1 Å². The van der Waals surface area contributed by atoms with E-state index in [0.29, 0.717) is 6.61 Å². The molecule has 4 nitrogen and oxygen atoms in total. The minimum atomic E-state index is -0.397. The molecule has 26 heavy (non-hydrogen) atoms. The van der Waals surface area contributed by atoms with Gasteiger partial charge in [-0.2, -0.15) is 5.26 Å². The number of hydrogen-bond donors (Lipinski definition) is 1. The van der Waals surface area contributed by atoms with Crippen LogP contribution in [0.4, 0.5) is 0 Å². The Labute approximate surface area is 167 Å². The zero-order valence-electron chi connectivity index (χ0n) is 14.4. The lowest BCUT2D eigenvalue weighted by molar-refractivity contribution is -0.117. The second-order valence-electron chi connectivity index (χ2n) is 5.57. The minimum Gasteiger partial charge on any atom is -0.488 e. The molecule has 132 valence electrons. The quantitative estimate of drug-likeness (QED) is 0.285. The maximum atomic E-state index is 12.4. The molecule has 0 fully saturated rings. The van der Waals surface area contributed by atoms with Crippen LogP contribution < -0.4 is 10.1 Å². The standard InChI is InChI=1S/C21H19IN2O2/c1-3-11-26-20-10-9-16(13-19(20)22)12-18(14-23)21(25)24-15(2)17-7-5-4-6-8-17/h3-10,12-13,15H,1,11H2,2H3,(H,24,25)/b18-12-/t15-/m0/s1. The molecule has 2 rings (SSSR count). The first-order valence-corrected chi connectivity index (χ1v) is 9.14. The van der Waals surface area contributed by atoms with Gasteiger partial charge in [0.15, 0.2) is 0 Å². The Hall–Kier alpha value is -2.59.